The van der Waals surface area contributed by atoms with Crippen LogP contribution >= 0.6 is 11.6 Å². The van der Waals surface area contributed by atoms with Crippen LogP contribution in [0.4, 0.5) is 23.3 Å². The Morgan fingerprint density at radius 1 is 1.26 bits per heavy atom. The first-order chi connectivity index (χ1) is 9.12. The van der Waals surface area contributed by atoms with Crippen LogP contribution < -0.4 is 16.4 Å². The number of hydrogen-bond donors (Lipinski definition) is 3. The Bertz CT molecular complexity index is 649. The molecule has 2 aromatic rings. The Kier molecular flexibility index (Phi) is 3.68. The summed E-state index contributed by atoms with van der Waals surface area (Å²) in [6.45, 7) is 0. The topological polar surface area (TPSA) is 99.6 Å². The van der Waals surface area contributed by atoms with Gasteiger partial charge < -0.3 is 16.4 Å². The summed E-state index contributed by atoms with van der Waals surface area (Å²) in [4.78, 5) is 8.03. The minimum absolute atomic E-state index is 0.141. The second kappa shape index (κ2) is 5.42. The lowest BCUT2D eigenvalue weighted by molar-refractivity contribution is 1.17. The molecule has 0 aliphatic heterocycles. The number of nitrogens with zero attached hydrogens (tertiary/aromatic N) is 3. The maximum Gasteiger partial charge on any atom is 0.223 e. The Morgan fingerprint density at radius 3 is 2.68 bits per heavy atom. The molecule has 96 valence electrons. The fourth-order valence-electron chi connectivity index (χ4n) is 1.49. The molecule has 0 radical (unpaired) electrons. The van der Waals surface area contributed by atoms with E-state index < -0.39 is 0 Å². The van der Waals surface area contributed by atoms with Crippen molar-refractivity contribution in [1.82, 2.24) is 9.97 Å². The van der Waals surface area contributed by atoms with Crippen molar-refractivity contribution in [3.8, 4) is 6.07 Å². The van der Waals surface area contributed by atoms with Gasteiger partial charge in [-0.3, -0.25) is 0 Å². The average molecular weight is 275 g/mol. The number of nitrogens with two attached hydrogens (primary N) is 1. The third-order valence-corrected chi connectivity index (χ3v) is 2.69. The van der Waals surface area contributed by atoms with E-state index in [0.717, 1.165) is 0 Å². The molecule has 1 aromatic carbocycles. The molecule has 2 rings (SSSR count). The first kappa shape index (κ1) is 12.9. The summed E-state index contributed by atoms with van der Waals surface area (Å²) in [5, 5.41) is 15.2. The summed E-state index contributed by atoms with van der Waals surface area (Å²) in [7, 11) is 1.73. The van der Waals surface area contributed by atoms with Gasteiger partial charge in [-0.2, -0.15) is 15.2 Å². The summed E-state index contributed by atoms with van der Waals surface area (Å²) < 4.78 is 0. The number of aromatic nitrogens is 2. The van der Waals surface area contributed by atoms with E-state index in [1.165, 1.54) is 0 Å². The van der Waals surface area contributed by atoms with Crippen molar-refractivity contribution in [2.75, 3.05) is 23.4 Å². The largest absolute Gasteiger partial charge is 0.373 e. The molecule has 0 atom stereocenters. The van der Waals surface area contributed by atoms with E-state index >= 15 is 0 Å². The normalized spacial score (nSPS) is 9.74. The summed E-state index contributed by atoms with van der Waals surface area (Å²) >= 11 is 6.05. The van der Waals surface area contributed by atoms with Gasteiger partial charge in [-0.1, -0.05) is 11.6 Å². The molecule has 1 aromatic heterocycles. The van der Waals surface area contributed by atoms with E-state index in [0.29, 0.717) is 27.9 Å². The van der Waals surface area contributed by atoms with Crippen molar-refractivity contribution < 1.29 is 0 Å². The zero-order valence-electron chi connectivity index (χ0n) is 10.1. The first-order valence-electron chi connectivity index (χ1n) is 5.41. The molecule has 0 amide bonds. The van der Waals surface area contributed by atoms with Crippen LogP contribution in [0, 0.1) is 11.3 Å². The molecule has 0 fully saturated rings. The molecule has 0 saturated heterocycles. The molecule has 0 spiro atoms. The fraction of sp³-hybridized carbons (Fsp3) is 0.0833. The molecule has 0 unspecified atom stereocenters. The van der Waals surface area contributed by atoms with Gasteiger partial charge >= 0.3 is 0 Å². The number of nitrogens with one attached hydrogen (secondary N) is 2. The van der Waals surface area contributed by atoms with E-state index in [4.69, 9.17) is 22.6 Å². The minimum atomic E-state index is 0.141. The first-order valence-corrected chi connectivity index (χ1v) is 5.79. The lowest BCUT2D eigenvalue weighted by Crippen LogP contribution is -2.03. The van der Waals surface area contributed by atoms with Crippen LogP contribution in [-0.4, -0.2) is 17.0 Å². The summed E-state index contributed by atoms with van der Waals surface area (Å²) in [6, 6.07) is 8.66. The van der Waals surface area contributed by atoms with Gasteiger partial charge in [0.1, 0.15) is 11.6 Å². The van der Waals surface area contributed by atoms with Crippen LogP contribution in [0.3, 0.4) is 0 Å². The van der Waals surface area contributed by atoms with Gasteiger partial charge in [-0.15, -0.1) is 0 Å². The third kappa shape index (κ3) is 3.03. The van der Waals surface area contributed by atoms with Crippen LogP contribution in [0.2, 0.25) is 5.02 Å². The molecule has 1 heterocycles. The summed E-state index contributed by atoms with van der Waals surface area (Å²) in [5.74, 6) is 1.22. The third-order valence-electron chi connectivity index (χ3n) is 2.36. The minimum Gasteiger partial charge on any atom is -0.373 e. The summed E-state index contributed by atoms with van der Waals surface area (Å²) in [5.41, 5.74) is 6.68. The smallest absolute Gasteiger partial charge is 0.223 e. The van der Waals surface area contributed by atoms with Gasteiger partial charge in [0.25, 0.3) is 0 Å². The molecule has 0 bridgehead atoms. The number of anilines is 4. The predicted octanol–water partition coefficient (Wildman–Crippen LogP) is 2.37. The van der Waals surface area contributed by atoms with E-state index in [2.05, 4.69) is 20.6 Å². The van der Waals surface area contributed by atoms with Gasteiger partial charge in [0.2, 0.25) is 5.95 Å². The van der Waals surface area contributed by atoms with Gasteiger partial charge in [0.15, 0.2) is 0 Å². The zero-order chi connectivity index (χ0) is 13.8. The monoisotopic (exact) mass is 274 g/mol. The second-order valence-corrected chi connectivity index (χ2v) is 4.09. The van der Waals surface area contributed by atoms with E-state index in [1.54, 1.807) is 31.3 Å². The lowest BCUT2D eigenvalue weighted by Gasteiger charge is -2.09. The SMILES string of the molecule is CNc1cc(Nc2cc(C#N)ccc2Cl)nc(N)n1. The van der Waals surface area contributed by atoms with Crippen LogP contribution in [-0.2, 0) is 0 Å². The molecule has 19 heavy (non-hydrogen) atoms. The van der Waals surface area contributed by atoms with Crippen LogP contribution in [0.15, 0.2) is 24.3 Å². The summed E-state index contributed by atoms with van der Waals surface area (Å²) in [6.07, 6.45) is 0. The Balaban J connectivity index is 2.36. The van der Waals surface area contributed by atoms with Crippen LogP contribution in [0.25, 0.3) is 0 Å². The van der Waals surface area contributed by atoms with Gasteiger partial charge in [0, 0.05) is 13.1 Å². The van der Waals surface area contributed by atoms with Crippen molar-refractivity contribution >= 4 is 34.9 Å². The Hall–Kier alpha value is -2.52. The lowest BCUT2D eigenvalue weighted by atomic mass is 10.2. The molecular formula is C12H11ClN6. The Labute approximate surface area is 115 Å². The van der Waals surface area contributed by atoms with Crippen molar-refractivity contribution in [2.24, 2.45) is 0 Å². The fourth-order valence-corrected chi connectivity index (χ4v) is 1.65. The Morgan fingerprint density at radius 2 is 2.00 bits per heavy atom. The number of nitrogen functional groups attached to an aromatic ring is 1. The van der Waals surface area contributed by atoms with Crippen molar-refractivity contribution in [3.63, 3.8) is 0 Å². The molecule has 6 nitrogen and oxygen atoms in total. The molecule has 7 heteroatoms. The maximum absolute atomic E-state index is 8.87. The number of halogens is 1. The van der Waals surface area contributed by atoms with E-state index in [-0.39, 0.29) is 5.95 Å². The quantitative estimate of drug-likeness (QED) is 0.794. The molecule has 0 saturated carbocycles. The van der Waals surface area contributed by atoms with Gasteiger partial charge in [-0.25, -0.2) is 0 Å². The highest BCUT2D eigenvalue weighted by Gasteiger charge is 2.06. The van der Waals surface area contributed by atoms with Gasteiger partial charge in [-0.05, 0) is 18.2 Å². The molecule has 0 aliphatic carbocycles. The number of benzene rings is 1. The number of rotatable bonds is 3. The standard InChI is InChI=1S/C12H11ClN6/c1-16-10-5-11(19-12(15)18-10)17-9-4-7(6-14)2-3-8(9)13/h2-5H,1H3,(H4,15,16,17,18,19). The average Bonchev–Trinajstić information content (AvgIpc) is 2.40. The molecule has 0 aliphatic rings. The van der Waals surface area contributed by atoms with Crippen molar-refractivity contribution in [1.29, 1.82) is 5.26 Å². The molecule has 4 N–H and O–H groups in total. The highest BCUT2D eigenvalue weighted by atomic mass is 35.5. The van der Waals surface area contributed by atoms with E-state index in [1.807, 2.05) is 6.07 Å². The number of nitriles is 1. The molecular weight excluding hydrogens is 264 g/mol. The second-order valence-electron chi connectivity index (χ2n) is 3.68. The highest BCUT2D eigenvalue weighted by Crippen LogP contribution is 2.26. The highest BCUT2D eigenvalue weighted by molar-refractivity contribution is 6.33. The van der Waals surface area contributed by atoms with Crippen molar-refractivity contribution in [2.45, 2.75) is 0 Å². The van der Waals surface area contributed by atoms with Crippen LogP contribution in [0.1, 0.15) is 5.56 Å². The van der Waals surface area contributed by atoms with Gasteiger partial charge in [0.05, 0.1) is 22.3 Å². The number of hydrogen-bond acceptors (Lipinski definition) is 6. The maximum atomic E-state index is 8.87. The zero-order valence-corrected chi connectivity index (χ0v) is 10.9. The van der Waals surface area contributed by atoms with Crippen molar-refractivity contribution in [3.05, 3.63) is 34.9 Å². The predicted molar refractivity (Wildman–Crippen MR) is 75.4 cm³/mol. The van der Waals surface area contributed by atoms with Crippen LogP contribution in [0.5, 0.6) is 0 Å². The van der Waals surface area contributed by atoms with E-state index in [9.17, 15) is 0 Å².